The Bertz CT molecular complexity index is 292. The van der Waals surface area contributed by atoms with Crippen LogP contribution in [0.15, 0.2) is 24.3 Å². The fraction of sp³-hybridized carbons (Fsp3) is 0.750. The zero-order valence-electron chi connectivity index (χ0n) is 14.6. The number of unbranched alkanes of at least 4 members (excludes halogenated alkanes) is 10. The number of carboxylic acid groups (broad SMARTS) is 1. The number of rotatable bonds is 16. The molecule has 0 fully saturated rings. The summed E-state index contributed by atoms with van der Waals surface area (Å²) < 4.78 is 0. The van der Waals surface area contributed by atoms with Crippen molar-refractivity contribution >= 4 is 5.97 Å². The third-order valence-electron chi connectivity index (χ3n) is 3.84. The van der Waals surface area contributed by atoms with E-state index in [4.69, 9.17) is 5.11 Å². The Morgan fingerprint density at radius 1 is 0.727 bits per heavy atom. The minimum Gasteiger partial charge on any atom is -0.481 e. The van der Waals surface area contributed by atoms with Crippen molar-refractivity contribution in [3.05, 3.63) is 24.3 Å². The Hall–Kier alpha value is -1.05. The average Bonchev–Trinajstić information content (AvgIpc) is 2.50. The molecule has 0 bridgehead atoms. The van der Waals surface area contributed by atoms with Crippen molar-refractivity contribution in [2.45, 2.75) is 96.8 Å². The highest BCUT2D eigenvalue weighted by atomic mass is 16.4. The van der Waals surface area contributed by atoms with E-state index in [0.717, 1.165) is 19.3 Å². The van der Waals surface area contributed by atoms with Crippen molar-refractivity contribution in [3.8, 4) is 0 Å². The lowest BCUT2D eigenvalue weighted by atomic mass is 10.1. The predicted molar refractivity (Wildman–Crippen MR) is 96.2 cm³/mol. The summed E-state index contributed by atoms with van der Waals surface area (Å²) in [6, 6.07) is 0. The molecule has 2 heteroatoms. The molecule has 0 saturated carbocycles. The van der Waals surface area contributed by atoms with Gasteiger partial charge in [-0.1, -0.05) is 76.2 Å². The Morgan fingerprint density at radius 2 is 1.23 bits per heavy atom. The molecule has 0 aliphatic carbocycles. The van der Waals surface area contributed by atoms with E-state index in [1.807, 2.05) is 0 Å². The molecule has 0 aromatic rings. The zero-order chi connectivity index (χ0) is 16.3. The van der Waals surface area contributed by atoms with E-state index in [-0.39, 0.29) is 0 Å². The molecule has 0 aliphatic heterocycles. The van der Waals surface area contributed by atoms with Crippen LogP contribution in [0.4, 0.5) is 0 Å². The third kappa shape index (κ3) is 18.9. The second kappa shape index (κ2) is 18.0. The van der Waals surface area contributed by atoms with Gasteiger partial charge in [-0.2, -0.15) is 0 Å². The second-order valence-electron chi connectivity index (χ2n) is 6.08. The topological polar surface area (TPSA) is 37.3 Å². The highest BCUT2D eigenvalue weighted by Gasteiger charge is 1.96. The van der Waals surface area contributed by atoms with Gasteiger partial charge in [-0.05, 0) is 38.5 Å². The molecular formula is C20H36O2. The summed E-state index contributed by atoms with van der Waals surface area (Å²) in [6.07, 6.45) is 25.2. The van der Waals surface area contributed by atoms with E-state index in [2.05, 4.69) is 31.2 Å². The van der Waals surface area contributed by atoms with E-state index < -0.39 is 5.97 Å². The molecule has 0 spiro atoms. The standard InChI is InChI=1S/C20H36O2/c1-2-3-4-5-6-7-8-9-10-11-12-13-14-15-16-17-18-19-20(21)22/h6-7,9-10H,2-5,8,11-19H2,1H3,(H,21,22)/b7-6?,10-9-. The first-order valence-corrected chi connectivity index (χ1v) is 9.29. The molecule has 0 unspecified atom stereocenters. The lowest BCUT2D eigenvalue weighted by molar-refractivity contribution is -0.137. The molecule has 0 aliphatic rings. The molecule has 0 rings (SSSR count). The molecule has 0 heterocycles. The molecular weight excluding hydrogens is 272 g/mol. The van der Waals surface area contributed by atoms with Crippen LogP contribution in [-0.4, -0.2) is 11.1 Å². The van der Waals surface area contributed by atoms with Crippen LogP contribution in [0.1, 0.15) is 96.8 Å². The van der Waals surface area contributed by atoms with E-state index in [1.54, 1.807) is 0 Å². The molecule has 0 saturated heterocycles. The van der Waals surface area contributed by atoms with Crippen LogP contribution in [-0.2, 0) is 4.79 Å². The highest BCUT2D eigenvalue weighted by Crippen LogP contribution is 2.10. The fourth-order valence-corrected chi connectivity index (χ4v) is 2.44. The first kappa shape index (κ1) is 20.9. The van der Waals surface area contributed by atoms with Crippen LogP contribution in [0, 0.1) is 0 Å². The van der Waals surface area contributed by atoms with Crippen molar-refractivity contribution in [1.82, 2.24) is 0 Å². The molecule has 0 aromatic heterocycles. The number of carbonyl (C=O) groups is 1. The van der Waals surface area contributed by atoms with Gasteiger partial charge in [0.2, 0.25) is 0 Å². The Morgan fingerprint density at radius 3 is 1.77 bits per heavy atom. The second-order valence-corrected chi connectivity index (χ2v) is 6.08. The van der Waals surface area contributed by atoms with Gasteiger partial charge >= 0.3 is 5.97 Å². The first-order chi connectivity index (χ1) is 10.8. The molecule has 2 nitrogen and oxygen atoms in total. The van der Waals surface area contributed by atoms with Crippen LogP contribution >= 0.6 is 0 Å². The van der Waals surface area contributed by atoms with Crippen molar-refractivity contribution in [2.75, 3.05) is 0 Å². The fourth-order valence-electron chi connectivity index (χ4n) is 2.44. The summed E-state index contributed by atoms with van der Waals surface area (Å²) in [5.74, 6) is -0.664. The van der Waals surface area contributed by atoms with Crippen molar-refractivity contribution < 1.29 is 9.90 Å². The average molecular weight is 309 g/mol. The quantitative estimate of drug-likeness (QED) is 0.255. The number of hydrogen-bond acceptors (Lipinski definition) is 1. The van der Waals surface area contributed by atoms with Crippen LogP contribution in [0.2, 0.25) is 0 Å². The summed E-state index contributed by atoms with van der Waals surface area (Å²) in [5.41, 5.74) is 0. The van der Waals surface area contributed by atoms with Crippen molar-refractivity contribution in [2.24, 2.45) is 0 Å². The van der Waals surface area contributed by atoms with Gasteiger partial charge in [-0.25, -0.2) is 0 Å². The van der Waals surface area contributed by atoms with E-state index >= 15 is 0 Å². The third-order valence-corrected chi connectivity index (χ3v) is 3.84. The van der Waals surface area contributed by atoms with Gasteiger partial charge in [0.1, 0.15) is 0 Å². The SMILES string of the molecule is CCCCCC=CC/C=C\CCCCCCCCCC(=O)O. The van der Waals surface area contributed by atoms with Crippen molar-refractivity contribution in [1.29, 1.82) is 0 Å². The lowest BCUT2D eigenvalue weighted by Gasteiger charge is -2.00. The largest absolute Gasteiger partial charge is 0.481 e. The monoisotopic (exact) mass is 308 g/mol. The first-order valence-electron chi connectivity index (χ1n) is 9.29. The maximum atomic E-state index is 10.3. The summed E-state index contributed by atoms with van der Waals surface area (Å²) in [5, 5.41) is 8.53. The Labute approximate surface area is 137 Å². The van der Waals surface area contributed by atoms with Gasteiger partial charge < -0.3 is 5.11 Å². The van der Waals surface area contributed by atoms with Crippen LogP contribution < -0.4 is 0 Å². The molecule has 0 amide bonds. The number of aliphatic carboxylic acids is 1. The summed E-state index contributed by atoms with van der Waals surface area (Å²) in [4.78, 5) is 10.3. The normalized spacial score (nSPS) is 11.7. The van der Waals surface area contributed by atoms with Gasteiger partial charge in [-0.3, -0.25) is 4.79 Å². The van der Waals surface area contributed by atoms with Crippen LogP contribution in [0.25, 0.3) is 0 Å². The maximum absolute atomic E-state index is 10.3. The van der Waals surface area contributed by atoms with Crippen LogP contribution in [0.5, 0.6) is 0 Å². The van der Waals surface area contributed by atoms with Crippen molar-refractivity contribution in [3.63, 3.8) is 0 Å². The van der Waals surface area contributed by atoms with E-state index in [1.165, 1.54) is 64.2 Å². The number of carboxylic acids is 1. The maximum Gasteiger partial charge on any atom is 0.303 e. The smallest absolute Gasteiger partial charge is 0.303 e. The van der Waals surface area contributed by atoms with E-state index in [9.17, 15) is 4.79 Å². The molecule has 0 aromatic carbocycles. The Balaban J connectivity index is 3.15. The zero-order valence-corrected chi connectivity index (χ0v) is 14.6. The molecule has 0 radical (unpaired) electrons. The summed E-state index contributed by atoms with van der Waals surface area (Å²) in [6.45, 7) is 2.24. The highest BCUT2D eigenvalue weighted by molar-refractivity contribution is 5.66. The molecule has 0 atom stereocenters. The minimum absolute atomic E-state index is 0.331. The predicted octanol–water partition coefficient (Wildman–Crippen LogP) is 6.66. The Kier molecular flexibility index (Phi) is 17.1. The summed E-state index contributed by atoms with van der Waals surface area (Å²) >= 11 is 0. The molecule has 22 heavy (non-hydrogen) atoms. The lowest BCUT2D eigenvalue weighted by Crippen LogP contribution is -1.93. The van der Waals surface area contributed by atoms with Gasteiger partial charge in [-0.15, -0.1) is 0 Å². The molecule has 1 N–H and O–H groups in total. The molecule has 128 valence electrons. The van der Waals surface area contributed by atoms with Gasteiger partial charge in [0.15, 0.2) is 0 Å². The van der Waals surface area contributed by atoms with Crippen LogP contribution in [0.3, 0.4) is 0 Å². The number of hydrogen-bond donors (Lipinski definition) is 1. The van der Waals surface area contributed by atoms with Gasteiger partial charge in [0.05, 0.1) is 0 Å². The van der Waals surface area contributed by atoms with Gasteiger partial charge in [0, 0.05) is 6.42 Å². The number of allylic oxidation sites excluding steroid dienone is 4. The van der Waals surface area contributed by atoms with Gasteiger partial charge in [0.25, 0.3) is 0 Å². The van der Waals surface area contributed by atoms with E-state index in [0.29, 0.717) is 6.42 Å². The minimum atomic E-state index is -0.664. The summed E-state index contributed by atoms with van der Waals surface area (Å²) in [7, 11) is 0.